The summed E-state index contributed by atoms with van der Waals surface area (Å²) in [6.45, 7) is 3.91. The number of anilines is 1. The van der Waals surface area contributed by atoms with E-state index in [1.165, 1.54) is 12.3 Å². The number of nitriles is 1. The number of rotatable bonds is 4. The van der Waals surface area contributed by atoms with Crippen LogP contribution >= 0.6 is 11.6 Å². The molecule has 2 heterocycles. The van der Waals surface area contributed by atoms with Crippen molar-refractivity contribution in [2.75, 3.05) is 5.43 Å². The molecule has 0 spiro atoms. The van der Waals surface area contributed by atoms with Gasteiger partial charge >= 0.3 is 0 Å². The maximum absolute atomic E-state index is 14.0. The van der Waals surface area contributed by atoms with E-state index in [9.17, 15) is 9.65 Å². The van der Waals surface area contributed by atoms with E-state index in [4.69, 9.17) is 11.6 Å². The molecule has 5 nitrogen and oxygen atoms in total. The Labute approximate surface area is 172 Å². The molecule has 0 aliphatic heterocycles. The molecule has 29 heavy (non-hydrogen) atoms. The minimum Gasteiger partial charge on any atom is -0.276 e. The number of hydrogen-bond acceptors (Lipinski definition) is 4. The van der Waals surface area contributed by atoms with Crippen LogP contribution in [0.25, 0.3) is 16.7 Å². The minimum atomic E-state index is -0.451. The van der Waals surface area contributed by atoms with E-state index in [-0.39, 0.29) is 10.6 Å². The standard InChI is InChI=1S/C22H17ClFN5/c1-3-14-13(2)15(11-25)21-27-19-9-4-5-10-20(19)29(21)22(14)28-26-12-16-17(23)7-6-8-18(16)24/h4-10,12,28H,3H2,1-2H3/b26-12-. The number of aromatic nitrogens is 2. The summed E-state index contributed by atoms with van der Waals surface area (Å²) in [6.07, 6.45) is 2.04. The van der Waals surface area contributed by atoms with Crippen molar-refractivity contribution in [2.45, 2.75) is 20.3 Å². The highest BCUT2D eigenvalue weighted by atomic mass is 35.5. The Hall–Kier alpha value is -3.43. The minimum absolute atomic E-state index is 0.205. The monoisotopic (exact) mass is 405 g/mol. The predicted octanol–water partition coefficient (Wildman–Crippen LogP) is 5.47. The average molecular weight is 406 g/mol. The number of hydrazone groups is 1. The van der Waals surface area contributed by atoms with E-state index in [1.807, 2.05) is 42.5 Å². The number of pyridine rings is 1. The zero-order valence-electron chi connectivity index (χ0n) is 15.9. The van der Waals surface area contributed by atoms with Gasteiger partial charge in [-0.05, 0) is 48.7 Å². The van der Waals surface area contributed by atoms with Crippen LogP contribution in [0.2, 0.25) is 5.02 Å². The van der Waals surface area contributed by atoms with Gasteiger partial charge in [0.15, 0.2) is 5.65 Å². The van der Waals surface area contributed by atoms with E-state index in [0.29, 0.717) is 23.4 Å². The third-order valence-electron chi connectivity index (χ3n) is 4.95. The van der Waals surface area contributed by atoms with Crippen LogP contribution < -0.4 is 5.43 Å². The largest absolute Gasteiger partial charge is 0.276 e. The molecule has 0 saturated carbocycles. The lowest BCUT2D eigenvalue weighted by Gasteiger charge is -2.15. The summed E-state index contributed by atoms with van der Waals surface area (Å²) in [7, 11) is 0. The van der Waals surface area contributed by atoms with Crippen LogP contribution in [0.4, 0.5) is 10.2 Å². The fraction of sp³-hybridized carbons (Fsp3) is 0.136. The van der Waals surface area contributed by atoms with Crippen LogP contribution in [0.3, 0.4) is 0 Å². The molecule has 0 bridgehead atoms. The Balaban J connectivity index is 1.93. The zero-order chi connectivity index (χ0) is 20.5. The highest BCUT2D eigenvalue weighted by Gasteiger charge is 2.19. The second-order valence-corrected chi connectivity index (χ2v) is 6.96. The quantitative estimate of drug-likeness (QED) is 0.361. The number of imidazole rings is 1. The molecular weight excluding hydrogens is 389 g/mol. The normalized spacial score (nSPS) is 11.4. The van der Waals surface area contributed by atoms with Gasteiger partial charge in [-0.1, -0.05) is 36.7 Å². The number of halogens is 2. The SMILES string of the molecule is CCc1c(C)c(C#N)c2nc3ccccc3n2c1N/N=C\c1c(F)cccc1Cl. The summed E-state index contributed by atoms with van der Waals surface area (Å²) in [4.78, 5) is 4.64. The van der Waals surface area contributed by atoms with Crippen LogP contribution in [0.1, 0.15) is 29.2 Å². The fourth-order valence-electron chi connectivity index (χ4n) is 3.53. The van der Waals surface area contributed by atoms with Gasteiger partial charge in [0.25, 0.3) is 0 Å². The summed E-state index contributed by atoms with van der Waals surface area (Å²) in [5.41, 5.74) is 7.76. The highest BCUT2D eigenvalue weighted by molar-refractivity contribution is 6.33. The zero-order valence-corrected chi connectivity index (χ0v) is 16.6. The molecule has 0 unspecified atom stereocenters. The van der Waals surface area contributed by atoms with Crippen LogP contribution in [0.15, 0.2) is 47.6 Å². The second-order valence-electron chi connectivity index (χ2n) is 6.56. The second kappa shape index (κ2) is 7.53. The molecule has 4 aromatic rings. The average Bonchev–Trinajstić information content (AvgIpc) is 3.09. The Morgan fingerprint density at radius 3 is 2.79 bits per heavy atom. The van der Waals surface area contributed by atoms with Gasteiger partial charge in [-0.15, -0.1) is 0 Å². The van der Waals surface area contributed by atoms with Crippen molar-refractivity contribution in [3.63, 3.8) is 0 Å². The summed E-state index contributed by atoms with van der Waals surface area (Å²) < 4.78 is 15.9. The summed E-state index contributed by atoms with van der Waals surface area (Å²) in [6, 6.07) is 14.4. The molecule has 0 aliphatic rings. The van der Waals surface area contributed by atoms with Gasteiger partial charge in [0.2, 0.25) is 0 Å². The molecule has 0 radical (unpaired) electrons. The lowest BCUT2D eigenvalue weighted by molar-refractivity contribution is 0.626. The molecular formula is C22H17ClFN5. The molecule has 1 N–H and O–H groups in total. The summed E-state index contributed by atoms with van der Waals surface area (Å²) >= 11 is 6.08. The number of fused-ring (bicyclic) bond motifs is 3. The highest BCUT2D eigenvalue weighted by Crippen LogP contribution is 2.31. The Bertz CT molecular complexity index is 1300. The van der Waals surface area contributed by atoms with Crippen LogP contribution in [-0.4, -0.2) is 15.6 Å². The first kappa shape index (κ1) is 18.9. The molecule has 2 aromatic carbocycles. The van der Waals surface area contributed by atoms with Gasteiger partial charge in [-0.25, -0.2) is 9.37 Å². The van der Waals surface area contributed by atoms with Crippen molar-refractivity contribution in [1.29, 1.82) is 5.26 Å². The van der Waals surface area contributed by atoms with Crippen molar-refractivity contribution in [3.05, 3.63) is 75.6 Å². The number of para-hydroxylation sites is 2. The third kappa shape index (κ3) is 3.10. The maximum atomic E-state index is 14.0. The molecule has 0 saturated heterocycles. The Morgan fingerprint density at radius 2 is 2.07 bits per heavy atom. The van der Waals surface area contributed by atoms with Gasteiger partial charge in [-0.2, -0.15) is 10.4 Å². The molecule has 0 fully saturated rings. The lowest BCUT2D eigenvalue weighted by atomic mass is 10.0. The van der Waals surface area contributed by atoms with E-state index >= 15 is 0 Å². The first-order chi connectivity index (χ1) is 14.1. The first-order valence-corrected chi connectivity index (χ1v) is 9.50. The van der Waals surface area contributed by atoms with Gasteiger partial charge < -0.3 is 0 Å². The van der Waals surface area contributed by atoms with Gasteiger partial charge in [-0.3, -0.25) is 9.83 Å². The van der Waals surface area contributed by atoms with E-state index in [0.717, 1.165) is 22.2 Å². The van der Waals surface area contributed by atoms with E-state index in [1.54, 1.807) is 12.1 Å². The maximum Gasteiger partial charge on any atom is 0.157 e. The Morgan fingerprint density at radius 1 is 1.28 bits per heavy atom. The summed E-state index contributed by atoms with van der Waals surface area (Å²) in [5.74, 6) is 0.240. The van der Waals surface area contributed by atoms with E-state index < -0.39 is 5.82 Å². The fourth-order valence-corrected chi connectivity index (χ4v) is 3.74. The molecule has 0 atom stereocenters. The molecule has 2 aromatic heterocycles. The first-order valence-electron chi connectivity index (χ1n) is 9.12. The Kier molecular flexibility index (Phi) is 4.91. The van der Waals surface area contributed by atoms with Gasteiger partial charge in [0.1, 0.15) is 17.7 Å². The molecule has 144 valence electrons. The third-order valence-corrected chi connectivity index (χ3v) is 5.28. The topological polar surface area (TPSA) is 65.5 Å². The van der Waals surface area contributed by atoms with Gasteiger partial charge in [0, 0.05) is 5.56 Å². The van der Waals surface area contributed by atoms with Crippen LogP contribution in [0.5, 0.6) is 0 Å². The number of benzene rings is 2. The van der Waals surface area contributed by atoms with Crippen LogP contribution in [-0.2, 0) is 6.42 Å². The smallest absolute Gasteiger partial charge is 0.157 e. The number of hydrogen-bond donors (Lipinski definition) is 1. The summed E-state index contributed by atoms with van der Waals surface area (Å²) in [5, 5.41) is 14.3. The number of nitrogens with one attached hydrogen (secondary N) is 1. The molecule has 0 aliphatic carbocycles. The predicted molar refractivity (Wildman–Crippen MR) is 114 cm³/mol. The van der Waals surface area contributed by atoms with Crippen molar-refractivity contribution < 1.29 is 4.39 Å². The molecule has 0 amide bonds. The van der Waals surface area contributed by atoms with Crippen LogP contribution in [0, 0.1) is 24.1 Å². The van der Waals surface area contributed by atoms with E-state index in [2.05, 4.69) is 21.6 Å². The number of nitrogens with zero attached hydrogens (tertiary/aromatic N) is 4. The van der Waals surface area contributed by atoms with Gasteiger partial charge in [0.05, 0.1) is 27.8 Å². The lowest BCUT2D eigenvalue weighted by Crippen LogP contribution is -2.07. The van der Waals surface area contributed by atoms with Crippen molar-refractivity contribution in [3.8, 4) is 6.07 Å². The van der Waals surface area contributed by atoms with Crippen molar-refractivity contribution in [2.24, 2.45) is 5.10 Å². The molecule has 4 rings (SSSR count). The van der Waals surface area contributed by atoms with Crippen molar-refractivity contribution in [1.82, 2.24) is 9.38 Å². The van der Waals surface area contributed by atoms with Crippen molar-refractivity contribution >= 4 is 40.3 Å². The molecule has 7 heteroatoms.